The monoisotopic (exact) mass is 399 g/mol. The molecule has 1 aromatic heterocycles. The first-order valence-electron chi connectivity index (χ1n) is 8.95. The van der Waals surface area contributed by atoms with Gasteiger partial charge in [0.05, 0.1) is 25.3 Å². The van der Waals surface area contributed by atoms with E-state index >= 15 is 0 Å². The SMILES string of the molecule is CS(=O)(=O)N1CCN(c2cnc(OCC3CCN(C(=O)O)CC3)cn2)CC1. The summed E-state index contributed by atoms with van der Waals surface area (Å²) in [4.78, 5) is 23.0. The largest absolute Gasteiger partial charge is 0.476 e. The third kappa shape index (κ3) is 5.19. The lowest BCUT2D eigenvalue weighted by atomic mass is 9.98. The molecular weight excluding hydrogens is 374 g/mol. The van der Waals surface area contributed by atoms with E-state index in [1.54, 1.807) is 12.4 Å². The van der Waals surface area contributed by atoms with E-state index in [2.05, 4.69) is 9.97 Å². The van der Waals surface area contributed by atoms with Crippen LogP contribution >= 0.6 is 0 Å². The number of ether oxygens (including phenoxy) is 1. The summed E-state index contributed by atoms with van der Waals surface area (Å²) < 4.78 is 30.3. The van der Waals surface area contributed by atoms with Crippen LogP contribution in [-0.2, 0) is 10.0 Å². The van der Waals surface area contributed by atoms with Crippen molar-refractivity contribution in [1.82, 2.24) is 19.2 Å². The molecule has 0 atom stereocenters. The molecule has 0 spiro atoms. The second kappa shape index (κ2) is 8.26. The Morgan fingerprint density at radius 1 is 1.15 bits per heavy atom. The van der Waals surface area contributed by atoms with Crippen LogP contribution in [0.1, 0.15) is 12.8 Å². The molecule has 1 aromatic rings. The molecule has 2 fully saturated rings. The minimum absolute atomic E-state index is 0.311. The number of likely N-dealkylation sites (tertiary alicyclic amines) is 1. The van der Waals surface area contributed by atoms with Crippen LogP contribution < -0.4 is 9.64 Å². The van der Waals surface area contributed by atoms with E-state index in [4.69, 9.17) is 9.84 Å². The van der Waals surface area contributed by atoms with Crippen molar-refractivity contribution in [2.75, 3.05) is 57.0 Å². The maximum atomic E-state index is 11.6. The van der Waals surface area contributed by atoms with Crippen molar-refractivity contribution < 1.29 is 23.1 Å². The number of piperidine rings is 1. The Kier molecular flexibility index (Phi) is 6.00. The molecule has 0 aliphatic carbocycles. The average molecular weight is 399 g/mol. The Morgan fingerprint density at radius 3 is 2.33 bits per heavy atom. The van der Waals surface area contributed by atoms with Crippen molar-refractivity contribution in [2.45, 2.75) is 12.8 Å². The summed E-state index contributed by atoms with van der Waals surface area (Å²) in [5.41, 5.74) is 0. The van der Waals surface area contributed by atoms with E-state index < -0.39 is 16.1 Å². The van der Waals surface area contributed by atoms with E-state index in [9.17, 15) is 13.2 Å². The summed E-state index contributed by atoms with van der Waals surface area (Å²) in [5.74, 6) is 1.45. The second-order valence-electron chi connectivity index (χ2n) is 6.89. The molecule has 150 valence electrons. The first-order chi connectivity index (χ1) is 12.8. The number of anilines is 1. The summed E-state index contributed by atoms with van der Waals surface area (Å²) in [6.45, 7) is 3.59. The number of sulfonamides is 1. The van der Waals surface area contributed by atoms with Crippen LogP contribution in [0.2, 0.25) is 0 Å². The van der Waals surface area contributed by atoms with Crippen LogP contribution in [0.15, 0.2) is 12.4 Å². The molecule has 0 saturated carbocycles. The van der Waals surface area contributed by atoms with Crippen molar-refractivity contribution >= 4 is 21.9 Å². The number of amides is 1. The molecule has 27 heavy (non-hydrogen) atoms. The molecule has 11 heteroatoms. The van der Waals surface area contributed by atoms with Gasteiger partial charge in [0, 0.05) is 39.3 Å². The average Bonchev–Trinajstić information content (AvgIpc) is 2.66. The van der Waals surface area contributed by atoms with Gasteiger partial charge in [-0.1, -0.05) is 0 Å². The molecule has 3 rings (SSSR count). The zero-order valence-corrected chi connectivity index (χ0v) is 16.1. The number of hydrogen-bond donors (Lipinski definition) is 1. The van der Waals surface area contributed by atoms with Gasteiger partial charge in [-0.25, -0.2) is 23.2 Å². The molecule has 1 N–H and O–H groups in total. The van der Waals surface area contributed by atoms with Gasteiger partial charge in [-0.15, -0.1) is 0 Å². The quantitative estimate of drug-likeness (QED) is 0.753. The molecule has 2 saturated heterocycles. The number of nitrogens with zero attached hydrogens (tertiary/aromatic N) is 5. The van der Waals surface area contributed by atoms with Crippen molar-refractivity contribution in [2.24, 2.45) is 5.92 Å². The van der Waals surface area contributed by atoms with Crippen molar-refractivity contribution in [1.29, 1.82) is 0 Å². The van der Waals surface area contributed by atoms with Crippen LogP contribution in [0.5, 0.6) is 5.88 Å². The van der Waals surface area contributed by atoms with Gasteiger partial charge in [-0.2, -0.15) is 4.31 Å². The number of aromatic nitrogens is 2. The fourth-order valence-electron chi connectivity index (χ4n) is 3.29. The number of carbonyl (C=O) groups is 1. The van der Waals surface area contributed by atoms with Crippen molar-refractivity contribution in [3.05, 3.63) is 12.4 Å². The number of piperazine rings is 1. The van der Waals surface area contributed by atoms with E-state index in [1.807, 2.05) is 4.90 Å². The highest BCUT2D eigenvalue weighted by Gasteiger charge is 2.25. The fourth-order valence-corrected chi connectivity index (χ4v) is 4.12. The Morgan fingerprint density at radius 2 is 1.81 bits per heavy atom. The number of rotatable bonds is 5. The van der Waals surface area contributed by atoms with Gasteiger partial charge in [-0.05, 0) is 18.8 Å². The van der Waals surface area contributed by atoms with Gasteiger partial charge in [0.2, 0.25) is 15.9 Å². The van der Waals surface area contributed by atoms with Gasteiger partial charge < -0.3 is 19.6 Å². The van der Waals surface area contributed by atoms with E-state index in [0.717, 1.165) is 12.8 Å². The van der Waals surface area contributed by atoms with E-state index in [1.165, 1.54) is 15.5 Å². The first kappa shape index (κ1) is 19.6. The Labute approximate surface area is 158 Å². The highest BCUT2D eigenvalue weighted by molar-refractivity contribution is 7.88. The van der Waals surface area contributed by atoms with Gasteiger partial charge in [0.1, 0.15) is 5.82 Å². The van der Waals surface area contributed by atoms with Gasteiger partial charge in [0.15, 0.2) is 0 Å². The van der Waals surface area contributed by atoms with Crippen molar-refractivity contribution in [3.63, 3.8) is 0 Å². The highest BCUT2D eigenvalue weighted by atomic mass is 32.2. The maximum absolute atomic E-state index is 11.6. The summed E-state index contributed by atoms with van der Waals surface area (Å²) >= 11 is 0. The molecule has 0 aromatic carbocycles. The lowest BCUT2D eigenvalue weighted by Crippen LogP contribution is -2.48. The Balaban J connectivity index is 1.45. The zero-order valence-electron chi connectivity index (χ0n) is 15.3. The molecule has 3 heterocycles. The Bertz CT molecular complexity index is 741. The molecule has 1 amide bonds. The number of carboxylic acid groups (broad SMARTS) is 1. The Hall–Kier alpha value is -2.14. The summed E-state index contributed by atoms with van der Waals surface area (Å²) in [5, 5.41) is 8.96. The fraction of sp³-hybridized carbons (Fsp3) is 0.688. The first-order valence-corrected chi connectivity index (χ1v) is 10.8. The van der Waals surface area contributed by atoms with Crippen LogP contribution in [0.25, 0.3) is 0 Å². The number of hydrogen-bond acceptors (Lipinski definition) is 7. The minimum Gasteiger partial charge on any atom is -0.476 e. The summed E-state index contributed by atoms with van der Waals surface area (Å²) in [7, 11) is -3.15. The second-order valence-corrected chi connectivity index (χ2v) is 8.87. The topological polar surface area (TPSA) is 116 Å². The maximum Gasteiger partial charge on any atom is 0.407 e. The predicted octanol–water partition coefficient (Wildman–Crippen LogP) is 0.327. The predicted molar refractivity (Wildman–Crippen MR) is 98.5 cm³/mol. The molecule has 2 aliphatic rings. The van der Waals surface area contributed by atoms with Crippen molar-refractivity contribution in [3.8, 4) is 5.88 Å². The normalized spacial score (nSPS) is 19.9. The standard InChI is InChI=1S/C16H25N5O5S/c1-27(24,25)21-8-6-19(7-9-21)14-10-18-15(11-17-14)26-12-13-2-4-20(5-3-13)16(22)23/h10-11,13H,2-9,12H2,1H3,(H,22,23). The third-order valence-corrected chi connectivity index (χ3v) is 6.30. The smallest absolute Gasteiger partial charge is 0.407 e. The minimum atomic E-state index is -3.15. The highest BCUT2D eigenvalue weighted by Crippen LogP contribution is 2.20. The summed E-state index contributed by atoms with van der Waals surface area (Å²) in [6, 6.07) is 0. The lowest BCUT2D eigenvalue weighted by molar-refractivity contribution is 0.111. The van der Waals surface area contributed by atoms with Crippen LogP contribution in [0, 0.1) is 5.92 Å². The third-order valence-electron chi connectivity index (χ3n) is 5.00. The zero-order chi connectivity index (χ0) is 19.4. The van der Waals surface area contributed by atoms with Gasteiger partial charge in [0.25, 0.3) is 0 Å². The molecule has 0 bridgehead atoms. The van der Waals surface area contributed by atoms with E-state index in [0.29, 0.717) is 63.5 Å². The molecule has 0 unspecified atom stereocenters. The van der Waals surface area contributed by atoms with Crippen LogP contribution in [0.4, 0.5) is 10.6 Å². The summed E-state index contributed by atoms with van der Waals surface area (Å²) in [6.07, 6.45) is 5.13. The van der Waals surface area contributed by atoms with Gasteiger partial charge in [-0.3, -0.25) is 0 Å². The van der Waals surface area contributed by atoms with E-state index in [-0.39, 0.29) is 0 Å². The molecule has 0 radical (unpaired) electrons. The molecular formula is C16H25N5O5S. The van der Waals surface area contributed by atoms with Crippen LogP contribution in [-0.4, -0.2) is 90.9 Å². The van der Waals surface area contributed by atoms with Crippen LogP contribution in [0.3, 0.4) is 0 Å². The molecule has 2 aliphatic heterocycles. The lowest BCUT2D eigenvalue weighted by Gasteiger charge is -2.33. The molecule has 10 nitrogen and oxygen atoms in total. The van der Waals surface area contributed by atoms with Gasteiger partial charge >= 0.3 is 6.09 Å².